The number of hydrogen-bond donors (Lipinski definition) is 2. The SMILES string of the molecule is COCCCS(=O)CCCC(=O)Nc1cc(N)ccc1C. The molecule has 0 bridgehead atoms. The summed E-state index contributed by atoms with van der Waals surface area (Å²) < 4.78 is 16.6. The number of carbonyl (C=O) groups is 1. The molecule has 0 aliphatic heterocycles. The van der Waals surface area contributed by atoms with Crippen LogP contribution in [0, 0.1) is 6.92 Å². The van der Waals surface area contributed by atoms with E-state index in [0.717, 1.165) is 17.7 Å². The Morgan fingerprint density at radius 1 is 1.33 bits per heavy atom. The van der Waals surface area contributed by atoms with Crippen molar-refractivity contribution in [1.82, 2.24) is 0 Å². The molecule has 0 saturated heterocycles. The fourth-order valence-corrected chi connectivity index (χ4v) is 2.96. The van der Waals surface area contributed by atoms with Gasteiger partial charge in [-0.1, -0.05) is 6.07 Å². The monoisotopic (exact) mass is 312 g/mol. The van der Waals surface area contributed by atoms with Gasteiger partial charge in [0.2, 0.25) is 5.91 Å². The van der Waals surface area contributed by atoms with Gasteiger partial charge in [-0.3, -0.25) is 9.00 Å². The number of amides is 1. The molecule has 0 aliphatic carbocycles. The first-order chi connectivity index (χ1) is 10.0. The Labute approximate surface area is 128 Å². The second-order valence-electron chi connectivity index (χ2n) is 4.92. The third-order valence-corrected chi connectivity index (χ3v) is 4.52. The molecule has 0 aliphatic rings. The minimum atomic E-state index is -0.872. The molecular formula is C15H24N2O3S. The number of nitrogens with two attached hydrogens (primary N) is 1. The van der Waals surface area contributed by atoms with E-state index in [1.807, 2.05) is 13.0 Å². The molecule has 1 rings (SSSR count). The van der Waals surface area contributed by atoms with E-state index in [1.54, 1.807) is 19.2 Å². The maximum atomic E-state index is 11.8. The largest absolute Gasteiger partial charge is 0.399 e. The highest BCUT2D eigenvalue weighted by atomic mass is 32.2. The maximum absolute atomic E-state index is 11.8. The molecule has 0 aromatic heterocycles. The smallest absolute Gasteiger partial charge is 0.224 e. The van der Waals surface area contributed by atoms with Crippen molar-refractivity contribution in [2.24, 2.45) is 0 Å². The van der Waals surface area contributed by atoms with E-state index in [4.69, 9.17) is 10.5 Å². The number of nitrogens with one attached hydrogen (secondary N) is 1. The molecule has 0 fully saturated rings. The van der Waals surface area contributed by atoms with Crippen LogP contribution in [0.25, 0.3) is 0 Å². The number of carbonyl (C=O) groups excluding carboxylic acids is 1. The number of aryl methyl sites for hydroxylation is 1. The summed E-state index contributed by atoms with van der Waals surface area (Å²) in [5.41, 5.74) is 8.03. The summed E-state index contributed by atoms with van der Waals surface area (Å²) in [5, 5.41) is 2.84. The fraction of sp³-hybridized carbons (Fsp3) is 0.533. The maximum Gasteiger partial charge on any atom is 0.224 e. The lowest BCUT2D eigenvalue weighted by molar-refractivity contribution is -0.116. The van der Waals surface area contributed by atoms with Crippen LogP contribution in [0.3, 0.4) is 0 Å². The predicted octanol–water partition coefficient (Wildman–Crippen LogP) is 2.08. The fourth-order valence-electron chi connectivity index (χ4n) is 1.85. The number of hydrogen-bond acceptors (Lipinski definition) is 4. The Hall–Kier alpha value is -1.40. The molecule has 0 heterocycles. The van der Waals surface area contributed by atoms with Gasteiger partial charge in [0.1, 0.15) is 0 Å². The molecule has 1 amide bonds. The highest BCUT2D eigenvalue weighted by molar-refractivity contribution is 7.84. The quantitative estimate of drug-likeness (QED) is 0.540. The molecule has 1 unspecified atom stereocenters. The predicted molar refractivity (Wildman–Crippen MR) is 87.8 cm³/mol. The third kappa shape index (κ3) is 7.24. The van der Waals surface area contributed by atoms with Crippen molar-refractivity contribution in [3.63, 3.8) is 0 Å². The number of anilines is 2. The molecule has 0 radical (unpaired) electrons. The van der Waals surface area contributed by atoms with Gasteiger partial charge in [-0.15, -0.1) is 0 Å². The van der Waals surface area contributed by atoms with Gasteiger partial charge < -0.3 is 15.8 Å². The average molecular weight is 312 g/mol. The molecule has 5 nitrogen and oxygen atoms in total. The zero-order valence-corrected chi connectivity index (χ0v) is 13.5. The lowest BCUT2D eigenvalue weighted by atomic mass is 10.1. The topological polar surface area (TPSA) is 81.4 Å². The number of benzene rings is 1. The van der Waals surface area contributed by atoms with Crippen molar-refractivity contribution < 1.29 is 13.7 Å². The normalized spacial score (nSPS) is 12.1. The van der Waals surface area contributed by atoms with E-state index in [9.17, 15) is 9.00 Å². The lowest BCUT2D eigenvalue weighted by Crippen LogP contribution is -2.14. The van der Waals surface area contributed by atoms with Crippen molar-refractivity contribution >= 4 is 28.1 Å². The van der Waals surface area contributed by atoms with Gasteiger partial charge in [-0.05, 0) is 37.5 Å². The Morgan fingerprint density at radius 2 is 2.05 bits per heavy atom. The zero-order chi connectivity index (χ0) is 15.7. The van der Waals surface area contributed by atoms with Crippen LogP contribution < -0.4 is 11.1 Å². The van der Waals surface area contributed by atoms with Crippen molar-refractivity contribution in [2.45, 2.75) is 26.2 Å². The Kier molecular flexibility index (Phi) is 8.00. The van der Waals surface area contributed by atoms with E-state index >= 15 is 0 Å². The van der Waals surface area contributed by atoms with Crippen LogP contribution in [0.4, 0.5) is 11.4 Å². The van der Waals surface area contributed by atoms with E-state index in [-0.39, 0.29) is 5.91 Å². The molecule has 3 N–H and O–H groups in total. The van der Waals surface area contributed by atoms with Gasteiger partial charge in [0.05, 0.1) is 0 Å². The summed E-state index contributed by atoms with van der Waals surface area (Å²) >= 11 is 0. The lowest BCUT2D eigenvalue weighted by Gasteiger charge is -2.09. The Balaban J connectivity index is 2.28. The van der Waals surface area contributed by atoms with Crippen LogP contribution in [0.1, 0.15) is 24.8 Å². The Morgan fingerprint density at radius 3 is 2.76 bits per heavy atom. The van der Waals surface area contributed by atoms with E-state index in [1.165, 1.54) is 0 Å². The highest BCUT2D eigenvalue weighted by Crippen LogP contribution is 2.18. The molecule has 0 saturated carbocycles. The van der Waals surface area contributed by atoms with Gasteiger partial charge in [0.15, 0.2) is 0 Å². The summed E-state index contributed by atoms with van der Waals surface area (Å²) in [4.78, 5) is 11.8. The molecule has 1 aromatic rings. The summed E-state index contributed by atoms with van der Waals surface area (Å²) in [7, 11) is 0.758. The van der Waals surface area contributed by atoms with Crippen LogP contribution in [-0.2, 0) is 20.3 Å². The molecule has 21 heavy (non-hydrogen) atoms. The van der Waals surface area contributed by atoms with Crippen LogP contribution in [0.5, 0.6) is 0 Å². The first-order valence-corrected chi connectivity index (χ1v) is 8.51. The molecule has 1 aromatic carbocycles. The standard InChI is InChI=1S/C15H24N2O3S/c1-12-6-7-13(16)11-14(12)17-15(18)5-3-9-21(19)10-4-8-20-2/h6-7,11H,3-5,8-10,16H2,1-2H3,(H,17,18). The van der Waals surface area contributed by atoms with Crippen molar-refractivity contribution in [3.8, 4) is 0 Å². The minimum absolute atomic E-state index is 0.0717. The number of methoxy groups -OCH3 is 1. The molecule has 1 atom stereocenters. The van der Waals surface area contributed by atoms with Gasteiger partial charge in [0, 0.05) is 53.8 Å². The average Bonchev–Trinajstić information content (AvgIpc) is 2.43. The number of ether oxygens (including phenoxy) is 1. The number of rotatable bonds is 9. The van der Waals surface area contributed by atoms with Crippen LogP contribution in [-0.4, -0.2) is 35.3 Å². The first kappa shape index (κ1) is 17.7. The molecule has 6 heteroatoms. The summed E-state index contributed by atoms with van der Waals surface area (Å²) in [6, 6.07) is 5.42. The highest BCUT2D eigenvalue weighted by Gasteiger charge is 2.07. The van der Waals surface area contributed by atoms with Gasteiger partial charge in [-0.25, -0.2) is 0 Å². The van der Waals surface area contributed by atoms with Gasteiger partial charge in [-0.2, -0.15) is 0 Å². The van der Waals surface area contributed by atoms with Gasteiger partial charge >= 0.3 is 0 Å². The minimum Gasteiger partial charge on any atom is -0.399 e. The van der Waals surface area contributed by atoms with Crippen LogP contribution in [0.2, 0.25) is 0 Å². The Bertz CT molecular complexity index is 492. The van der Waals surface area contributed by atoms with Crippen LogP contribution >= 0.6 is 0 Å². The van der Waals surface area contributed by atoms with E-state index in [2.05, 4.69) is 5.32 Å². The van der Waals surface area contributed by atoms with Crippen molar-refractivity contribution in [2.75, 3.05) is 36.3 Å². The second kappa shape index (κ2) is 9.52. The molecule has 0 spiro atoms. The molecular weight excluding hydrogens is 288 g/mol. The molecule has 118 valence electrons. The first-order valence-electron chi connectivity index (χ1n) is 7.03. The summed E-state index contributed by atoms with van der Waals surface area (Å²) in [6.07, 6.45) is 1.77. The van der Waals surface area contributed by atoms with Crippen molar-refractivity contribution in [3.05, 3.63) is 23.8 Å². The number of nitrogen functional groups attached to an aromatic ring is 1. The third-order valence-electron chi connectivity index (χ3n) is 3.03. The van der Waals surface area contributed by atoms with E-state index in [0.29, 0.717) is 36.6 Å². The summed E-state index contributed by atoms with van der Waals surface area (Å²) in [5.74, 6) is 1.11. The second-order valence-corrected chi connectivity index (χ2v) is 6.62. The van der Waals surface area contributed by atoms with E-state index < -0.39 is 10.8 Å². The summed E-state index contributed by atoms with van der Waals surface area (Å²) in [6.45, 7) is 2.54. The van der Waals surface area contributed by atoms with Gasteiger partial charge in [0.25, 0.3) is 0 Å². The van der Waals surface area contributed by atoms with Crippen molar-refractivity contribution in [1.29, 1.82) is 0 Å². The zero-order valence-electron chi connectivity index (χ0n) is 12.7. The van der Waals surface area contributed by atoms with Crippen LogP contribution in [0.15, 0.2) is 18.2 Å².